The van der Waals surface area contributed by atoms with E-state index in [1.807, 2.05) is 19.1 Å². The molecule has 1 saturated carbocycles. The van der Waals surface area contributed by atoms with E-state index in [1.165, 1.54) is 11.2 Å². The number of nitrogens with one attached hydrogen (secondary N) is 4. The number of fused-ring (bicyclic) bond motifs is 1. The summed E-state index contributed by atoms with van der Waals surface area (Å²) in [4.78, 5) is 8.98. The zero-order chi connectivity index (χ0) is 29.5. The van der Waals surface area contributed by atoms with E-state index in [2.05, 4.69) is 58.4 Å². The summed E-state index contributed by atoms with van der Waals surface area (Å²) in [6, 6.07) is 9.00. The summed E-state index contributed by atoms with van der Waals surface area (Å²) in [5.74, 6) is 0.464. The molecule has 1 aromatic carbocycles. The molecule has 0 radical (unpaired) electrons. The molecule has 9 nitrogen and oxygen atoms in total. The van der Waals surface area contributed by atoms with E-state index >= 15 is 0 Å². The number of benzene rings is 1. The minimum Gasteiger partial charge on any atom is -0.481 e. The Kier molecular flexibility index (Phi) is 7.57. The van der Waals surface area contributed by atoms with Gasteiger partial charge in [0.05, 0.1) is 40.6 Å². The minimum absolute atomic E-state index is 0.0391. The van der Waals surface area contributed by atoms with Crippen molar-refractivity contribution in [2.75, 3.05) is 24.3 Å². The number of aromatic nitrogens is 2. The predicted octanol–water partition coefficient (Wildman–Crippen LogP) is 6.05. The van der Waals surface area contributed by atoms with Crippen LogP contribution >= 0.6 is 11.6 Å². The zero-order valence-electron chi connectivity index (χ0n) is 23.6. The van der Waals surface area contributed by atoms with Gasteiger partial charge in [0.1, 0.15) is 11.6 Å². The number of alkyl halides is 2. The van der Waals surface area contributed by atoms with Gasteiger partial charge in [0, 0.05) is 47.3 Å². The number of hydrazine groups is 2. The maximum absolute atomic E-state index is 13.9. The van der Waals surface area contributed by atoms with E-state index in [4.69, 9.17) is 16.3 Å². The van der Waals surface area contributed by atoms with Crippen LogP contribution in [0.2, 0.25) is 5.02 Å². The van der Waals surface area contributed by atoms with Crippen molar-refractivity contribution in [3.63, 3.8) is 0 Å². The summed E-state index contributed by atoms with van der Waals surface area (Å²) in [6.45, 7) is 8.79. The highest BCUT2D eigenvalue weighted by molar-refractivity contribution is 6.35. The molecule has 1 aliphatic heterocycles. The number of aryl methyl sites for hydroxylation is 1. The van der Waals surface area contributed by atoms with E-state index in [0.29, 0.717) is 69.5 Å². The molecule has 2 aromatic heterocycles. The first-order valence-corrected chi connectivity index (χ1v) is 13.7. The first kappa shape index (κ1) is 28.6. The van der Waals surface area contributed by atoms with Crippen LogP contribution in [0.15, 0.2) is 42.4 Å². The Balaban J connectivity index is 1.58. The number of ether oxygens (including phenoxy) is 1. The Morgan fingerprint density at radius 2 is 2.02 bits per heavy atom. The maximum Gasteiger partial charge on any atom is 0.262 e. The van der Waals surface area contributed by atoms with Gasteiger partial charge in [0.15, 0.2) is 0 Å². The monoisotopic (exact) mass is 582 g/mol. The summed E-state index contributed by atoms with van der Waals surface area (Å²) in [5, 5.41) is 19.3. The number of nitriles is 1. The van der Waals surface area contributed by atoms with Crippen molar-refractivity contribution in [1.82, 2.24) is 25.9 Å². The number of anilines is 2. The molecule has 41 heavy (non-hydrogen) atoms. The third-order valence-corrected chi connectivity index (χ3v) is 7.61. The second-order valence-electron chi connectivity index (χ2n) is 11.6. The van der Waals surface area contributed by atoms with Crippen LogP contribution in [0.25, 0.3) is 10.9 Å². The third kappa shape index (κ3) is 5.67. The van der Waals surface area contributed by atoms with Crippen LogP contribution in [-0.4, -0.2) is 40.6 Å². The van der Waals surface area contributed by atoms with Crippen LogP contribution < -0.4 is 26.3 Å². The van der Waals surface area contributed by atoms with Crippen LogP contribution in [0, 0.1) is 23.7 Å². The van der Waals surface area contributed by atoms with Crippen LogP contribution in [0.4, 0.5) is 20.2 Å². The Morgan fingerprint density at radius 1 is 1.27 bits per heavy atom. The van der Waals surface area contributed by atoms with E-state index in [0.717, 1.165) is 5.56 Å². The van der Waals surface area contributed by atoms with Crippen LogP contribution in [0.1, 0.15) is 56.5 Å². The molecule has 4 N–H and O–H groups in total. The Hall–Kier alpha value is -3.88. The maximum atomic E-state index is 13.9. The quantitative estimate of drug-likeness (QED) is 0.240. The highest BCUT2D eigenvalue weighted by atomic mass is 35.5. The van der Waals surface area contributed by atoms with Crippen molar-refractivity contribution in [2.45, 2.75) is 58.5 Å². The fourth-order valence-electron chi connectivity index (χ4n) is 4.84. The number of rotatable bonds is 9. The van der Waals surface area contributed by atoms with E-state index in [-0.39, 0.29) is 5.41 Å². The first-order valence-electron chi connectivity index (χ1n) is 13.3. The molecule has 0 amide bonds. The average Bonchev–Trinajstić information content (AvgIpc) is 3.60. The summed E-state index contributed by atoms with van der Waals surface area (Å²) in [5.41, 5.74) is 9.11. The largest absolute Gasteiger partial charge is 0.481 e. The molecular formula is C29H33ClF2N8O. The summed E-state index contributed by atoms with van der Waals surface area (Å²) >= 11 is 6.73. The Labute approximate surface area is 242 Å². The molecule has 12 heteroatoms. The molecule has 0 unspecified atom stereocenters. The lowest BCUT2D eigenvalue weighted by Crippen LogP contribution is -2.48. The van der Waals surface area contributed by atoms with Crippen LogP contribution in [-0.2, 0) is 0 Å². The topological polar surface area (TPSA) is 110 Å². The standard InChI is InChI=1S/C29H33ClF2N8O/c1-16-19(6-7-23(36-16)41-5)26(22-14-40(39-38-22)29(8-9-29)27(31)32)37-18-10-20-24(35-15-28(2,3)4)17(12-33)13-34-25(20)21(30)11-18/h6-7,10-11,13-14,26-27,37-39H,8-9,15H2,1-5H3,(H,34,35)/t26-/m0/s1. The van der Waals surface area contributed by atoms with Gasteiger partial charge >= 0.3 is 0 Å². The van der Waals surface area contributed by atoms with Gasteiger partial charge in [-0.05, 0) is 43.4 Å². The minimum atomic E-state index is -2.50. The number of hydrogen-bond donors (Lipinski definition) is 4. The summed E-state index contributed by atoms with van der Waals surface area (Å²) < 4.78 is 33.0. The molecule has 0 saturated heterocycles. The second-order valence-corrected chi connectivity index (χ2v) is 12.0. The lowest BCUT2D eigenvalue weighted by Gasteiger charge is -2.25. The average molecular weight is 583 g/mol. The number of methoxy groups -OCH3 is 1. The van der Waals surface area contributed by atoms with Crippen LogP contribution in [0.3, 0.4) is 0 Å². The van der Waals surface area contributed by atoms with Gasteiger partial charge < -0.3 is 20.8 Å². The summed E-state index contributed by atoms with van der Waals surface area (Å²) in [6.07, 6.45) is 1.48. The SMILES string of the molecule is COc1ccc([C@H](Nc2cc(Cl)c3ncc(C#N)c(NCC(C)(C)C)c3c2)C2=CN(C3(C(F)F)CC3)NN2)c(C)n1. The van der Waals surface area contributed by atoms with Gasteiger partial charge in [-0.25, -0.2) is 13.8 Å². The molecule has 5 rings (SSSR count). The first-order chi connectivity index (χ1) is 19.5. The van der Waals surface area contributed by atoms with E-state index < -0.39 is 18.0 Å². The van der Waals surface area contributed by atoms with Gasteiger partial charge in [0.25, 0.3) is 6.43 Å². The Bertz CT molecular complexity index is 1540. The number of nitrogens with zero attached hydrogens (tertiary/aromatic N) is 4. The van der Waals surface area contributed by atoms with Crippen molar-refractivity contribution in [3.05, 3.63) is 64.2 Å². The lowest BCUT2D eigenvalue weighted by atomic mass is 9.96. The highest BCUT2D eigenvalue weighted by Crippen LogP contribution is 2.47. The third-order valence-electron chi connectivity index (χ3n) is 7.32. The van der Waals surface area contributed by atoms with Crippen molar-refractivity contribution >= 4 is 33.9 Å². The molecule has 216 valence electrons. The Morgan fingerprint density at radius 3 is 2.63 bits per heavy atom. The molecule has 0 spiro atoms. The smallest absolute Gasteiger partial charge is 0.262 e. The van der Waals surface area contributed by atoms with Crippen molar-refractivity contribution < 1.29 is 13.5 Å². The van der Waals surface area contributed by atoms with Gasteiger partial charge in [-0.1, -0.05) is 32.4 Å². The van der Waals surface area contributed by atoms with E-state index in [9.17, 15) is 14.0 Å². The molecule has 2 aliphatic rings. The van der Waals surface area contributed by atoms with Crippen molar-refractivity contribution in [3.8, 4) is 11.9 Å². The van der Waals surface area contributed by atoms with Gasteiger partial charge in [0.2, 0.25) is 5.88 Å². The highest BCUT2D eigenvalue weighted by Gasteiger charge is 2.56. The van der Waals surface area contributed by atoms with Crippen molar-refractivity contribution in [2.24, 2.45) is 5.41 Å². The molecular weight excluding hydrogens is 550 g/mol. The zero-order valence-corrected chi connectivity index (χ0v) is 24.3. The normalized spacial score (nSPS) is 16.7. The lowest BCUT2D eigenvalue weighted by molar-refractivity contribution is 0.00911. The van der Waals surface area contributed by atoms with Gasteiger partial charge in [-0.3, -0.25) is 9.99 Å². The second kappa shape index (κ2) is 10.8. The number of halogens is 3. The molecule has 1 aliphatic carbocycles. The van der Waals surface area contributed by atoms with Gasteiger partial charge in [-0.2, -0.15) is 5.26 Å². The van der Waals surface area contributed by atoms with Gasteiger partial charge in [-0.15, -0.1) is 5.53 Å². The molecule has 3 heterocycles. The molecule has 1 atom stereocenters. The van der Waals surface area contributed by atoms with Crippen molar-refractivity contribution in [1.29, 1.82) is 5.26 Å². The van der Waals surface area contributed by atoms with Crippen LogP contribution in [0.5, 0.6) is 5.88 Å². The fourth-order valence-corrected chi connectivity index (χ4v) is 5.10. The predicted molar refractivity (Wildman–Crippen MR) is 155 cm³/mol. The molecule has 1 fully saturated rings. The molecule has 3 aromatic rings. The fraction of sp³-hybridized carbons (Fsp3) is 0.414. The molecule has 0 bridgehead atoms. The van der Waals surface area contributed by atoms with E-state index in [1.54, 1.807) is 25.4 Å². The number of pyridine rings is 2. The summed E-state index contributed by atoms with van der Waals surface area (Å²) in [7, 11) is 1.55. The number of hydrogen-bond acceptors (Lipinski definition) is 9.